The Morgan fingerprint density at radius 1 is 1.14 bits per heavy atom. The number of hydrogen-bond acceptors (Lipinski definition) is 2. The summed E-state index contributed by atoms with van der Waals surface area (Å²) < 4.78 is 54.8. The monoisotopic (exact) mass is 320 g/mol. The van der Waals surface area contributed by atoms with Crippen LogP contribution in [0.3, 0.4) is 0 Å². The summed E-state index contributed by atoms with van der Waals surface area (Å²) in [6, 6.07) is 5.30. The van der Waals surface area contributed by atoms with Crippen molar-refractivity contribution in [2.75, 3.05) is 0 Å². The second-order valence-corrected chi connectivity index (χ2v) is 5.10. The van der Waals surface area contributed by atoms with Gasteiger partial charge in [0.2, 0.25) is 0 Å². The Kier molecular flexibility index (Phi) is 6.84. The number of benzene rings is 1. The van der Waals surface area contributed by atoms with E-state index in [-0.39, 0.29) is 17.3 Å². The van der Waals surface area contributed by atoms with E-state index >= 15 is 0 Å². The van der Waals surface area contributed by atoms with Gasteiger partial charge in [-0.05, 0) is 25.0 Å². The van der Waals surface area contributed by atoms with E-state index in [0.717, 1.165) is 18.9 Å². The summed E-state index contributed by atoms with van der Waals surface area (Å²) in [5.41, 5.74) is -0.0743. The number of ether oxygens (including phenoxy) is 1. The van der Waals surface area contributed by atoms with Crippen LogP contribution in [0.1, 0.15) is 49.9 Å². The van der Waals surface area contributed by atoms with Gasteiger partial charge < -0.3 is 4.74 Å². The van der Waals surface area contributed by atoms with E-state index in [1.54, 1.807) is 0 Å². The molecule has 1 rings (SSSR count). The van der Waals surface area contributed by atoms with Crippen molar-refractivity contribution in [1.29, 1.82) is 0 Å². The number of ketones is 1. The molecule has 0 N–H and O–H groups in total. The summed E-state index contributed by atoms with van der Waals surface area (Å²) in [5.74, 6) is -1.17. The number of carbonyl (C=O) groups is 1. The lowest BCUT2D eigenvalue weighted by atomic mass is 9.89. The average Bonchev–Trinajstić information content (AvgIpc) is 2.46. The molecule has 22 heavy (non-hydrogen) atoms. The topological polar surface area (TPSA) is 26.3 Å². The van der Waals surface area contributed by atoms with Gasteiger partial charge in [0.25, 0.3) is 0 Å². The van der Waals surface area contributed by atoms with Crippen LogP contribution in [-0.2, 0) is 0 Å². The summed E-state index contributed by atoms with van der Waals surface area (Å²) in [7, 11) is 0. The van der Waals surface area contributed by atoms with E-state index in [1.807, 2.05) is 13.8 Å². The second kappa shape index (κ2) is 8.15. The van der Waals surface area contributed by atoms with E-state index in [0.29, 0.717) is 12.8 Å². The van der Waals surface area contributed by atoms with Gasteiger partial charge in [-0.15, -0.1) is 0 Å². The lowest BCUT2D eigenvalue weighted by Gasteiger charge is -2.20. The van der Waals surface area contributed by atoms with Crippen molar-refractivity contribution in [3.05, 3.63) is 29.8 Å². The van der Waals surface area contributed by atoms with Crippen molar-refractivity contribution in [3.63, 3.8) is 0 Å². The van der Waals surface area contributed by atoms with Crippen LogP contribution >= 0.6 is 0 Å². The summed E-state index contributed by atoms with van der Waals surface area (Å²) in [6.07, 6.45) is -5.81. The van der Waals surface area contributed by atoms with Gasteiger partial charge in [0.1, 0.15) is 5.75 Å². The van der Waals surface area contributed by atoms with Gasteiger partial charge in [-0.25, -0.2) is 0 Å². The first kappa shape index (κ1) is 18.5. The van der Waals surface area contributed by atoms with Crippen LogP contribution < -0.4 is 4.74 Å². The normalized spacial score (nSPS) is 12.0. The Morgan fingerprint density at radius 2 is 1.68 bits per heavy atom. The summed E-state index contributed by atoms with van der Waals surface area (Å²) in [6.45, 7) is 3.84. The van der Waals surface area contributed by atoms with Gasteiger partial charge in [-0.2, -0.15) is 17.6 Å². The molecule has 1 aromatic rings. The third-order valence-corrected chi connectivity index (χ3v) is 3.30. The van der Waals surface area contributed by atoms with E-state index in [1.165, 1.54) is 18.2 Å². The molecule has 0 atom stereocenters. The summed E-state index contributed by atoms with van der Waals surface area (Å²) in [5, 5.41) is 0. The molecule has 0 heterocycles. The minimum Gasteiger partial charge on any atom is -0.428 e. The molecule has 0 aliphatic rings. The summed E-state index contributed by atoms with van der Waals surface area (Å²) in [4.78, 5) is 12.5. The molecule has 0 aromatic heterocycles. The molecule has 0 spiro atoms. The van der Waals surface area contributed by atoms with Crippen molar-refractivity contribution in [1.82, 2.24) is 0 Å². The van der Waals surface area contributed by atoms with Crippen molar-refractivity contribution in [2.45, 2.75) is 52.1 Å². The molecule has 124 valence electrons. The maximum atomic E-state index is 13.1. The number of halogens is 4. The van der Waals surface area contributed by atoms with Crippen molar-refractivity contribution >= 4 is 5.78 Å². The smallest absolute Gasteiger partial charge is 0.428 e. The molecule has 0 bridgehead atoms. The predicted molar refractivity (Wildman–Crippen MR) is 75.7 cm³/mol. The molecule has 0 fully saturated rings. The fourth-order valence-electron chi connectivity index (χ4n) is 2.27. The van der Waals surface area contributed by atoms with Crippen LogP contribution in [0, 0.1) is 5.92 Å². The number of hydrogen-bond donors (Lipinski definition) is 0. The highest BCUT2D eigenvalue weighted by atomic mass is 19.3. The third kappa shape index (κ3) is 4.71. The molecule has 6 heteroatoms. The highest BCUT2D eigenvalue weighted by Crippen LogP contribution is 2.32. The second-order valence-electron chi connectivity index (χ2n) is 5.10. The highest BCUT2D eigenvalue weighted by molar-refractivity contribution is 6.00. The van der Waals surface area contributed by atoms with Crippen molar-refractivity contribution in [2.24, 2.45) is 5.92 Å². The maximum absolute atomic E-state index is 13.1. The van der Waals surface area contributed by atoms with Gasteiger partial charge in [-0.3, -0.25) is 4.79 Å². The number of Topliss-reactive ketones (excluding diaryl/α,β-unsaturated/α-hetero) is 1. The predicted octanol–water partition coefficient (Wildman–Crippen LogP) is 5.32. The maximum Gasteiger partial charge on any atom is 0.461 e. The third-order valence-electron chi connectivity index (χ3n) is 3.30. The first-order chi connectivity index (χ1) is 10.3. The molecule has 1 aromatic carbocycles. The van der Waals surface area contributed by atoms with Crippen LogP contribution in [0.4, 0.5) is 17.6 Å². The molecule has 0 unspecified atom stereocenters. The van der Waals surface area contributed by atoms with E-state index in [4.69, 9.17) is 0 Å². The van der Waals surface area contributed by atoms with Crippen LogP contribution in [-0.4, -0.2) is 18.3 Å². The molecule has 0 aliphatic heterocycles. The molecular formula is C16H20F4O2. The first-order valence-corrected chi connectivity index (χ1v) is 7.31. The van der Waals surface area contributed by atoms with Gasteiger partial charge in [0.05, 0.1) is 5.56 Å². The minimum absolute atomic E-state index is 0.0743. The molecule has 2 nitrogen and oxygen atoms in total. The Hall–Kier alpha value is -1.59. The number of para-hydroxylation sites is 1. The number of rotatable bonds is 9. The van der Waals surface area contributed by atoms with Gasteiger partial charge in [0, 0.05) is 5.92 Å². The zero-order chi connectivity index (χ0) is 16.8. The lowest BCUT2D eigenvalue weighted by molar-refractivity contribution is -0.253. The zero-order valence-electron chi connectivity index (χ0n) is 12.6. The molecule has 0 aliphatic carbocycles. The first-order valence-electron chi connectivity index (χ1n) is 7.31. The van der Waals surface area contributed by atoms with Gasteiger partial charge in [-0.1, -0.05) is 38.8 Å². The molecule has 0 radical (unpaired) electrons. The summed E-state index contributed by atoms with van der Waals surface area (Å²) >= 11 is 0. The SMILES string of the molecule is CCCC(CCC)C(=O)c1ccccc1OC(F)(F)C(F)F. The Balaban J connectivity index is 3.07. The average molecular weight is 320 g/mol. The fraction of sp³-hybridized carbons (Fsp3) is 0.562. The molecular weight excluding hydrogens is 300 g/mol. The lowest BCUT2D eigenvalue weighted by Crippen LogP contribution is -2.34. The van der Waals surface area contributed by atoms with Crippen LogP contribution in [0.5, 0.6) is 5.75 Å². The quantitative estimate of drug-likeness (QED) is 0.454. The van der Waals surface area contributed by atoms with Crippen LogP contribution in [0.2, 0.25) is 0 Å². The fourth-order valence-corrected chi connectivity index (χ4v) is 2.27. The minimum atomic E-state index is -4.62. The Bertz CT molecular complexity index is 483. The largest absolute Gasteiger partial charge is 0.461 e. The van der Waals surface area contributed by atoms with Gasteiger partial charge in [0.15, 0.2) is 5.78 Å². The van der Waals surface area contributed by atoms with E-state index < -0.39 is 18.3 Å². The van der Waals surface area contributed by atoms with E-state index in [2.05, 4.69) is 4.74 Å². The van der Waals surface area contributed by atoms with Crippen LogP contribution in [0.25, 0.3) is 0 Å². The molecule has 0 amide bonds. The van der Waals surface area contributed by atoms with Crippen LogP contribution in [0.15, 0.2) is 24.3 Å². The Morgan fingerprint density at radius 3 is 2.18 bits per heavy atom. The van der Waals surface area contributed by atoms with Crippen molar-refractivity contribution in [3.8, 4) is 5.75 Å². The molecule has 0 saturated carbocycles. The standard InChI is InChI=1S/C16H20F4O2/c1-3-7-11(8-4-2)14(21)12-9-5-6-10-13(12)22-16(19,20)15(17)18/h5-6,9-11,15H,3-4,7-8H2,1-2H3. The van der Waals surface area contributed by atoms with E-state index in [9.17, 15) is 22.4 Å². The van der Waals surface area contributed by atoms with Crippen molar-refractivity contribution < 1.29 is 27.1 Å². The number of carbonyl (C=O) groups excluding carboxylic acids is 1. The zero-order valence-corrected chi connectivity index (χ0v) is 12.6. The highest BCUT2D eigenvalue weighted by Gasteiger charge is 2.44. The molecule has 0 saturated heterocycles. The van der Waals surface area contributed by atoms with Gasteiger partial charge >= 0.3 is 12.5 Å². The number of alkyl halides is 4. The Labute approximate surface area is 127 Å².